The molecule has 1 fully saturated rings. The number of hydrogen-bond donors (Lipinski definition) is 1. The van der Waals surface area contributed by atoms with E-state index in [1.807, 2.05) is 0 Å². The zero-order chi connectivity index (χ0) is 16.2. The maximum Gasteiger partial charge on any atom is 0.222 e. The number of aryl methyl sites for hydroxylation is 1. The van der Waals surface area contributed by atoms with Gasteiger partial charge in [0.15, 0.2) is 0 Å². The summed E-state index contributed by atoms with van der Waals surface area (Å²) >= 11 is 0. The van der Waals surface area contributed by atoms with Gasteiger partial charge in [0.2, 0.25) is 16.0 Å². The summed E-state index contributed by atoms with van der Waals surface area (Å²) in [6.45, 7) is 3.00. The lowest BCUT2D eigenvalue weighted by Crippen LogP contribution is -2.37. The standard InChI is InChI=1S/C14H24N4O3S/c1-4-5-11-6-15-14(16-7-11)17-13-9-21-8-12(13)10-22(19,20)18(2)3/h6-7,12-13H,4-5,8-10H2,1-3H3,(H,15,16,17)/t12-,13+/m0/s1. The fourth-order valence-corrected chi connectivity index (χ4v) is 3.52. The molecule has 0 spiro atoms. The molecular formula is C14H24N4O3S. The number of nitrogens with one attached hydrogen (secondary N) is 1. The van der Waals surface area contributed by atoms with E-state index in [0.717, 1.165) is 18.4 Å². The van der Waals surface area contributed by atoms with Gasteiger partial charge in [-0.1, -0.05) is 13.3 Å². The summed E-state index contributed by atoms with van der Waals surface area (Å²) in [6.07, 6.45) is 5.62. The monoisotopic (exact) mass is 328 g/mol. The Kier molecular flexibility index (Phi) is 5.71. The molecule has 1 saturated heterocycles. The van der Waals surface area contributed by atoms with E-state index in [0.29, 0.717) is 19.2 Å². The lowest BCUT2D eigenvalue weighted by molar-refractivity contribution is 0.187. The molecule has 0 radical (unpaired) electrons. The summed E-state index contributed by atoms with van der Waals surface area (Å²) in [5.41, 5.74) is 1.10. The van der Waals surface area contributed by atoms with Crippen LogP contribution in [0.1, 0.15) is 18.9 Å². The van der Waals surface area contributed by atoms with Crippen molar-refractivity contribution in [3.05, 3.63) is 18.0 Å². The SMILES string of the molecule is CCCc1cnc(N[C@@H]2COC[C@H]2CS(=O)(=O)N(C)C)nc1. The Labute approximate surface area is 132 Å². The fourth-order valence-electron chi connectivity index (χ4n) is 2.35. The van der Waals surface area contributed by atoms with Gasteiger partial charge in [-0.3, -0.25) is 0 Å². The molecule has 1 aromatic rings. The smallest absolute Gasteiger partial charge is 0.222 e. The summed E-state index contributed by atoms with van der Waals surface area (Å²) in [5.74, 6) is 0.472. The van der Waals surface area contributed by atoms with Crippen LogP contribution in [0, 0.1) is 5.92 Å². The number of hydrogen-bond acceptors (Lipinski definition) is 6. The highest BCUT2D eigenvalue weighted by Crippen LogP contribution is 2.20. The zero-order valence-corrected chi connectivity index (χ0v) is 14.1. The molecule has 1 N–H and O–H groups in total. The predicted molar refractivity (Wildman–Crippen MR) is 85.2 cm³/mol. The molecule has 22 heavy (non-hydrogen) atoms. The van der Waals surface area contributed by atoms with Gasteiger partial charge in [0.1, 0.15) is 0 Å². The van der Waals surface area contributed by atoms with Crippen LogP contribution < -0.4 is 5.32 Å². The minimum absolute atomic E-state index is 0.0611. The summed E-state index contributed by atoms with van der Waals surface area (Å²) in [6, 6.07) is -0.0910. The number of sulfonamides is 1. The van der Waals surface area contributed by atoms with Crippen LogP contribution in [0.25, 0.3) is 0 Å². The van der Waals surface area contributed by atoms with E-state index in [1.165, 1.54) is 4.31 Å². The van der Waals surface area contributed by atoms with Crippen molar-refractivity contribution in [2.75, 3.05) is 38.4 Å². The quantitative estimate of drug-likeness (QED) is 0.795. The Morgan fingerprint density at radius 1 is 1.32 bits per heavy atom. The second kappa shape index (κ2) is 7.34. The summed E-state index contributed by atoms with van der Waals surface area (Å²) < 4.78 is 30.7. The van der Waals surface area contributed by atoms with E-state index in [4.69, 9.17) is 4.74 Å². The van der Waals surface area contributed by atoms with Crippen molar-refractivity contribution < 1.29 is 13.2 Å². The highest BCUT2D eigenvalue weighted by atomic mass is 32.2. The van der Waals surface area contributed by atoms with E-state index in [9.17, 15) is 8.42 Å². The third-order valence-electron chi connectivity index (χ3n) is 3.74. The Morgan fingerprint density at radius 3 is 2.59 bits per heavy atom. The highest BCUT2D eigenvalue weighted by Gasteiger charge is 2.33. The van der Waals surface area contributed by atoms with Crippen molar-refractivity contribution in [2.24, 2.45) is 5.92 Å². The van der Waals surface area contributed by atoms with Crippen LogP contribution in [0.2, 0.25) is 0 Å². The van der Waals surface area contributed by atoms with Gasteiger partial charge in [-0.2, -0.15) is 0 Å². The molecular weight excluding hydrogens is 304 g/mol. The third-order valence-corrected chi connectivity index (χ3v) is 5.70. The molecule has 124 valence electrons. The van der Waals surface area contributed by atoms with E-state index >= 15 is 0 Å². The molecule has 2 atom stereocenters. The van der Waals surface area contributed by atoms with Crippen molar-refractivity contribution in [1.82, 2.24) is 14.3 Å². The van der Waals surface area contributed by atoms with E-state index < -0.39 is 10.0 Å². The minimum Gasteiger partial charge on any atom is -0.379 e. The maximum atomic E-state index is 12.0. The lowest BCUT2D eigenvalue weighted by Gasteiger charge is -2.20. The first-order valence-electron chi connectivity index (χ1n) is 7.47. The predicted octanol–water partition coefficient (Wildman–Crippen LogP) is 0.747. The van der Waals surface area contributed by atoms with Crippen molar-refractivity contribution in [3.63, 3.8) is 0 Å². The van der Waals surface area contributed by atoms with Crippen LogP contribution in [0.15, 0.2) is 12.4 Å². The van der Waals surface area contributed by atoms with Crippen molar-refractivity contribution >= 4 is 16.0 Å². The van der Waals surface area contributed by atoms with E-state index in [1.54, 1.807) is 26.5 Å². The van der Waals surface area contributed by atoms with Crippen LogP contribution in [-0.4, -0.2) is 61.8 Å². The van der Waals surface area contributed by atoms with Gasteiger partial charge in [0.25, 0.3) is 0 Å². The third kappa shape index (κ3) is 4.37. The van der Waals surface area contributed by atoms with Gasteiger partial charge in [-0.15, -0.1) is 0 Å². The summed E-state index contributed by atoms with van der Waals surface area (Å²) in [7, 11) is -0.159. The zero-order valence-electron chi connectivity index (χ0n) is 13.3. The largest absolute Gasteiger partial charge is 0.379 e. The molecule has 0 aliphatic carbocycles. The van der Waals surface area contributed by atoms with Crippen LogP contribution >= 0.6 is 0 Å². The average Bonchev–Trinajstić information content (AvgIpc) is 2.87. The molecule has 2 heterocycles. The molecule has 2 rings (SSSR count). The number of aromatic nitrogens is 2. The van der Waals surface area contributed by atoms with E-state index in [-0.39, 0.29) is 17.7 Å². The normalized spacial score (nSPS) is 22.2. The second-order valence-electron chi connectivity index (χ2n) is 5.77. The van der Waals surface area contributed by atoms with Gasteiger partial charge in [-0.05, 0) is 12.0 Å². The molecule has 0 unspecified atom stereocenters. The number of anilines is 1. The lowest BCUT2D eigenvalue weighted by atomic mass is 10.1. The van der Waals surface area contributed by atoms with Crippen LogP contribution in [0.3, 0.4) is 0 Å². The molecule has 0 bridgehead atoms. The van der Waals surface area contributed by atoms with Crippen molar-refractivity contribution in [1.29, 1.82) is 0 Å². The number of rotatable bonds is 7. The number of nitrogens with zero attached hydrogens (tertiary/aromatic N) is 3. The molecule has 1 aromatic heterocycles. The van der Waals surface area contributed by atoms with E-state index in [2.05, 4.69) is 22.2 Å². The first-order valence-corrected chi connectivity index (χ1v) is 9.08. The molecule has 8 heteroatoms. The van der Waals surface area contributed by atoms with Crippen LogP contribution in [0.4, 0.5) is 5.95 Å². The van der Waals surface area contributed by atoms with Gasteiger partial charge in [0, 0.05) is 32.4 Å². The van der Waals surface area contributed by atoms with Crippen molar-refractivity contribution in [3.8, 4) is 0 Å². The van der Waals surface area contributed by atoms with Gasteiger partial charge in [-0.25, -0.2) is 22.7 Å². The molecule has 0 aromatic carbocycles. The topological polar surface area (TPSA) is 84.4 Å². The second-order valence-corrected chi connectivity index (χ2v) is 8.00. The average molecular weight is 328 g/mol. The maximum absolute atomic E-state index is 12.0. The van der Waals surface area contributed by atoms with Gasteiger partial charge >= 0.3 is 0 Å². The molecule has 7 nitrogen and oxygen atoms in total. The van der Waals surface area contributed by atoms with Crippen molar-refractivity contribution in [2.45, 2.75) is 25.8 Å². The Hall–Kier alpha value is -1.25. The van der Waals surface area contributed by atoms with Crippen LogP contribution in [-0.2, 0) is 21.2 Å². The fraction of sp³-hybridized carbons (Fsp3) is 0.714. The minimum atomic E-state index is -3.25. The van der Waals surface area contributed by atoms with Gasteiger partial charge < -0.3 is 10.1 Å². The summed E-state index contributed by atoms with van der Waals surface area (Å²) in [5, 5.41) is 3.19. The Balaban J connectivity index is 1.99. The Bertz CT molecular complexity index is 574. The molecule has 1 aliphatic heterocycles. The molecule has 1 aliphatic rings. The van der Waals surface area contributed by atoms with Crippen LogP contribution in [0.5, 0.6) is 0 Å². The Morgan fingerprint density at radius 2 is 2.00 bits per heavy atom. The first-order chi connectivity index (χ1) is 10.4. The first kappa shape index (κ1) is 17.1. The molecule has 0 amide bonds. The highest BCUT2D eigenvalue weighted by molar-refractivity contribution is 7.89. The summed E-state index contributed by atoms with van der Waals surface area (Å²) in [4.78, 5) is 8.58. The molecule has 0 saturated carbocycles. The van der Waals surface area contributed by atoms with Gasteiger partial charge in [0.05, 0.1) is 25.0 Å². The number of ether oxygens (including phenoxy) is 1.